The van der Waals surface area contributed by atoms with Gasteiger partial charge in [-0.2, -0.15) is 0 Å². The van der Waals surface area contributed by atoms with Crippen LogP contribution in [-0.4, -0.2) is 19.9 Å². The second-order valence-electron chi connectivity index (χ2n) is 4.54. The first-order valence-corrected chi connectivity index (χ1v) is 8.20. The number of hydrogen-bond donors (Lipinski definition) is 1. The van der Waals surface area contributed by atoms with E-state index in [0.717, 1.165) is 32.1 Å². The summed E-state index contributed by atoms with van der Waals surface area (Å²) in [5, 5.41) is 10.8. The zero-order valence-electron chi connectivity index (χ0n) is 11.5. The molecule has 7 heteroatoms. The van der Waals surface area contributed by atoms with E-state index in [4.69, 9.17) is 0 Å². The van der Waals surface area contributed by atoms with Crippen molar-refractivity contribution in [1.29, 1.82) is 0 Å². The highest BCUT2D eigenvalue weighted by molar-refractivity contribution is 7.89. The van der Waals surface area contributed by atoms with E-state index in [0.29, 0.717) is 6.54 Å². The minimum absolute atomic E-state index is 0.279. The van der Waals surface area contributed by atoms with Crippen LogP contribution >= 0.6 is 0 Å². The number of nitro groups is 1. The fourth-order valence-corrected chi connectivity index (χ4v) is 3.09. The van der Waals surface area contributed by atoms with Crippen LogP contribution in [0.4, 0.5) is 5.69 Å². The van der Waals surface area contributed by atoms with Crippen molar-refractivity contribution in [2.24, 2.45) is 0 Å². The summed E-state index contributed by atoms with van der Waals surface area (Å²) in [5.41, 5.74) is -0.397. The molecule has 0 radical (unpaired) electrons. The summed E-state index contributed by atoms with van der Waals surface area (Å²) in [4.78, 5) is 9.87. The molecule has 0 aliphatic heterocycles. The van der Waals surface area contributed by atoms with Crippen LogP contribution in [0.25, 0.3) is 0 Å². The Labute approximate surface area is 119 Å². The molecule has 0 bridgehead atoms. The minimum Gasteiger partial charge on any atom is -0.258 e. The second-order valence-corrected chi connectivity index (χ2v) is 6.27. The van der Waals surface area contributed by atoms with Gasteiger partial charge in [0.2, 0.25) is 10.0 Å². The number of benzene rings is 1. The molecule has 0 heterocycles. The van der Waals surface area contributed by atoms with Crippen LogP contribution in [0.15, 0.2) is 29.2 Å². The topological polar surface area (TPSA) is 89.3 Å². The highest BCUT2D eigenvalue weighted by Gasteiger charge is 2.24. The molecule has 1 N–H and O–H groups in total. The van der Waals surface area contributed by atoms with Gasteiger partial charge in [-0.3, -0.25) is 10.1 Å². The normalized spacial score (nSPS) is 11.4. The van der Waals surface area contributed by atoms with E-state index in [1.807, 2.05) is 0 Å². The lowest BCUT2D eigenvalue weighted by Gasteiger charge is -2.07. The fourth-order valence-electron chi connectivity index (χ4n) is 1.85. The number of para-hydroxylation sites is 1. The van der Waals surface area contributed by atoms with E-state index in [2.05, 4.69) is 11.6 Å². The first kappa shape index (κ1) is 16.6. The van der Waals surface area contributed by atoms with Crippen LogP contribution in [0.1, 0.15) is 39.0 Å². The van der Waals surface area contributed by atoms with Crippen molar-refractivity contribution in [2.75, 3.05) is 6.54 Å². The zero-order chi connectivity index (χ0) is 15.0. The molecule has 0 aromatic heterocycles. The maximum Gasteiger partial charge on any atom is 0.289 e. The first-order valence-electron chi connectivity index (χ1n) is 6.72. The number of unbranched alkanes of at least 4 members (excludes halogenated alkanes) is 4. The van der Waals surface area contributed by atoms with E-state index in [9.17, 15) is 18.5 Å². The summed E-state index contributed by atoms with van der Waals surface area (Å²) in [7, 11) is -3.82. The molecule has 1 aromatic rings. The van der Waals surface area contributed by atoms with Crippen molar-refractivity contribution >= 4 is 15.7 Å². The Morgan fingerprint density at radius 3 is 2.45 bits per heavy atom. The summed E-state index contributed by atoms with van der Waals surface area (Å²) in [5.74, 6) is 0. The Bertz CT molecular complexity index is 543. The van der Waals surface area contributed by atoms with Gasteiger partial charge in [0, 0.05) is 12.6 Å². The van der Waals surface area contributed by atoms with Crippen LogP contribution in [-0.2, 0) is 10.0 Å². The van der Waals surface area contributed by atoms with E-state index in [1.165, 1.54) is 24.3 Å². The molecule has 0 fully saturated rings. The summed E-state index contributed by atoms with van der Waals surface area (Å²) in [6.07, 6.45) is 5.02. The lowest BCUT2D eigenvalue weighted by Crippen LogP contribution is -2.25. The molecule has 0 unspecified atom stereocenters. The molecule has 0 saturated carbocycles. The smallest absolute Gasteiger partial charge is 0.258 e. The van der Waals surface area contributed by atoms with Gasteiger partial charge in [0.15, 0.2) is 4.90 Å². The number of nitro benzene ring substituents is 1. The van der Waals surface area contributed by atoms with Crippen molar-refractivity contribution in [3.8, 4) is 0 Å². The maximum atomic E-state index is 12.0. The zero-order valence-corrected chi connectivity index (χ0v) is 12.4. The summed E-state index contributed by atoms with van der Waals surface area (Å²) < 4.78 is 26.5. The van der Waals surface area contributed by atoms with Crippen LogP contribution in [0.3, 0.4) is 0 Å². The second kappa shape index (κ2) is 7.96. The van der Waals surface area contributed by atoms with Crippen molar-refractivity contribution in [2.45, 2.75) is 43.9 Å². The fraction of sp³-hybridized carbons (Fsp3) is 0.538. The van der Waals surface area contributed by atoms with E-state index < -0.39 is 20.6 Å². The third-order valence-corrected chi connectivity index (χ3v) is 4.43. The molecule has 112 valence electrons. The monoisotopic (exact) mass is 300 g/mol. The SMILES string of the molecule is CCCCCCCNS(=O)(=O)c1ccccc1[N+](=O)[O-]. The number of rotatable bonds is 9. The molecule has 20 heavy (non-hydrogen) atoms. The molecule has 6 nitrogen and oxygen atoms in total. The van der Waals surface area contributed by atoms with E-state index in [-0.39, 0.29) is 4.90 Å². The Morgan fingerprint density at radius 1 is 1.15 bits per heavy atom. The number of sulfonamides is 1. The largest absolute Gasteiger partial charge is 0.289 e. The third kappa shape index (κ3) is 4.90. The summed E-state index contributed by atoms with van der Waals surface area (Å²) in [6.45, 7) is 2.41. The first-order chi connectivity index (χ1) is 9.49. The number of nitrogens with one attached hydrogen (secondary N) is 1. The Kier molecular flexibility index (Phi) is 6.60. The van der Waals surface area contributed by atoms with Gasteiger partial charge < -0.3 is 0 Å². The lowest BCUT2D eigenvalue weighted by molar-refractivity contribution is -0.387. The Hall–Kier alpha value is -1.47. The molecular weight excluding hydrogens is 280 g/mol. The molecule has 1 rings (SSSR count). The van der Waals surface area contributed by atoms with E-state index in [1.54, 1.807) is 0 Å². The molecule has 0 atom stereocenters. The Morgan fingerprint density at radius 2 is 1.80 bits per heavy atom. The highest BCUT2D eigenvalue weighted by Crippen LogP contribution is 2.22. The van der Waals surface area contributed by atoms with Gasteiger partial charge in [0.25, 0.3) is 5.69 Å². The maximum absolute atomic E-state index is 12.0. The van der Waals surface area contributed by atoms with Crippen LogP contribution < -0.4 is 4.72 Å². The molecule has 0 aliphatic rings. The summed E-state index contributed by atoms with van der Waals surface area (Å²) in [6, 6.07) is 5.36. The van der Waals surface area contributed by atoms with Crippen LogP contribution in [0.2, 0.25) is 0 Å². The Balaban J connectivity index is 2.63. The highest BCUT2D eigenvalue weighted by atomic mass is 32.2. The van der Waals surface area contributed by atoms with Gasteiger partial charge in [-0.25, -0.2) is 13.1 Å². The predicted molar refractivity (Wildman–Crippen MR) is 77.0 cm³/mol. The standard InChI is InChI=1S/C13H20N2O4S/c1-2-3-4-5-8-11-14-20(18,19)13-10-7-6-9-12(13)15(16)17/h6-7,9-10,14H,2-5,8,11H2,1H3. The van der Waals surface area contributed by atoms with Crippen molar-refractivity contribution < 1.29 is 13.3 Å². The quantitative estimate of drug-likeness (QED) is 0.431. The predicted octanol–water partition coefficient (Wildman–Crippen LogP) is 2.84. The average molecular weight is 300 g/mol. The molecule has 0 amide bonds. The van der Waals surface area contributed by atoms with Crippen LogP contribution in [0, 0.1) is 10.1 Å². The third-order valence-electron chi connectivity index (χ3n) is 2.92. The minimum atomic E-state index is -3.82. The van der Waals surface area contributed by atoms with Gasteiger partial charge in [-0.05, 0) is 12.5 Å². The molecular formula is C13H20N2O4S. The number of nitrogens with zero attached hydrogens (tertiary/aromatic N) is 1. The van der Waals surface area contributed by atoms with Crippen LogP contribution in [0.5, 0.6) is 0 Å². The van der Waals surface area contributed by atoms with Gasteiger partial charge in [0.1, 0.15) is 0 Å². The van der Waals surface area contributed by atoms with Gasteiger partial charge in [0.05, 0.1) is 4.92 Å². The lowest BCUT2D eigenvalue weighted by atomic mass is 10.2. The average Bonchev–Trinajstić information content (AvgIpc) is 2.42. The molecule has 0 saturated heterocycles. The van der Waals surface area contributed by atoms with Gasteiger partial charge in [-0.1, -0.05) is 44.7 Å². The summed E-state index contributed by atoms with van der Waals surface area (Å²) >= 11 is 0. The molecule has 0 aliphatic carbocycles. The molecule has 1 aromatic carbocycles. The van der Waals surface area contributed by atoms with Gasteiger partial charge >= 0.3 is 0 Å². The van der Waals surface area contributed by atoms with Crippen molar-refractivity contribution in [3.05, 3.63) is 34.4 Å². The van der Waals surface area contributed by atoms with Crippen molar-refractivity contribution in [1.82, 2.24) is 4.72 Å². The molecule has 0 spiro atoms. The van der Waals surface area contributed by atoms with E-state index >= 15 is 0 Å². The number of hydrogen-bond acceptors (Lipinski definition) is 4. The van der Waals surface area contributed by atoms with Gasteiger partial charge in [-0.15, -0.1) is 0 Å². The van der Waals surface area contributed by atoms with Crippen molar-refractivity contribution in [3.63, 3.8) is 0 Å².